The van der Waals surface area contributed by atoms with Gasteiger partial charge in [-0.1, -0.05) is 6.07 Å². The summed E-state index contributed by atoms with van der Waals surface area (Å²) < 4.78 is 5.27. The standard InChI is InChI=1S/C11H14N2O/c1-7-3-4-9(14-2)11-10(7)8(5-12)6-13-11/h3-4,6,13H,5,12H2,1-2H3. The summed E-state index contributed by atoms with van der Waals surface area (Å²) in [6.45, 7) is 2.63. The van der Waals surface area contributed by atoms with Gasteiger partial charge in [-0.15, -0.1) is 0 Å². The van der Waals surface area contributed by atoms with Gasteiger partial charge in [-0.2, -0.15) is 0 Å². The van der Waals surface area contributed by atoms with Crippen LogP contribution in [0.3, 0.4) is 0 Å². The molecule has 0 aliphatic rings. The molecule has 0 amide bonds. The van der Waals surface area contributed by atoms with Crippen LogP contribution in [0.1, 0.15) is 11.1 Å². The molecular weight excluding hydrogens is 176 g/mol. The van der Waals surface area contributed by atoms with Gasteiger partial charge in [0.15, 0.2) is 0 Å². The number of H-pyrrole nitrogens is 1. The molecule has 0 aliphatic heterocycles. The molecule has 3 N–H and O–H groups in total. The maximum atomic E-state index is 5.66. The summed E-state index contributed by atoms with van der Waals surface area (Å²) in [5, 5.41) is 1.19. The molecule has 3 nitrogen and oxygen atoms in total. The first-order valence-corrected chi connectivity index (χ1v) is 4.61. The fraction of sp³-hybridized carbons (Fsp3) is 0.273. The smallest absolute Gasteiger partial charge is 0.142 e. The van der Waals surface area contributed by atoms with Gasteiger partial charge in [0.1, 0.15) is 5.75 Å². The number of benzene rings is 1. The third-order valence-electron chi connectivity index (χ3n) is 2.53. The van der Waals surface area contributed by atoms with Gasteiger partial charge < -0.3 is 15.5 Å². The van der Waals surface area contributed by atoms with Crippen molar-refractivity contribution in [3.05, 3.63) is 29.5 Å². The summed E-state index contributed by atoms with van der Waals surface area (Å²) in [7, 11) is 1.67. The minimum Gasteiger partial charge on any atom is -0.495 e. The van der Waals surface area contributed by atoms with E-state index in [1.165, 1.54) is 10.9 Å². The van der Waals surface area contributed by atoms with Crippen LogP contribution in [0, 0.1) is 6.92 Å². The van der Waals surface area contributed by atoms with E-state index in [9.17, 15) is 0 Å². The van der Waals surface area contributed by atoms with Gasteiger partial charge in [-0.25, -0.2) is 0 Å². The number of hydrogen-bond donors (Lipinski definition) is 2. The van der Waals surface area contributed by atoms with E-state index >= 15 is 0 Å². The Kier molecular flexibility index (Phi) is 2.17. The maximum Gasteiger partial charge on any atom is 0.142 e. The molecule has 1 aromatic carbocycles. The summed E-state index contributed by atoms with van der Waals surface area (Å²) in [6.07, 6.45) is 1.94. The summed E-state index contributed by atoms with van der Waals surface area (Å²) in [6, 6.07) is 4.02. The van der Waals surface area contributed by atoms with Crippen LogP contribution in [0.4, 0.5) is 0 Å². The first-order chi connectivity index (χ1) is 6.77. The fourth-order valence-corrected chi connectivity index (χ4v) is 1.81. The molecule has 0 bridgehead atoms. The lowest BCUT2D eigenvalue weighted by Crippen LogP contribution is -1.95. The van der Waals surface area contributed by atoms with Crippen LogP contribution >= 0.6 is 0 Å². The second-order valence-electron chi connectivity index (χ2n) is 3.35. The van der Waals surface area contributed by atoms with Gasteiger partial charge in [0.05, 0.1) is 12.6 Å². The molecule has 0 fully saturated rings. The SMILES string of the molecule is COc1ccc(C)c2c(CN)c[nH]c12. The highest BCUT2D eigenvalue weighted by Crippen LogP contribution is 2.29. The van der Waals surface area contributed by atoms with Gasteiger partial charge in [-0.3, -0.25) is 0 Å². The lowest BCUT2D eigenvalue weighted by atomic mass is 10.1. The largest absolute Gasteiger partial charge is 0.495 e. The predicted octanol–water partition coefficient (Wildman–Crippen LogP) is 1.94. The quantitative estimate of drug-likeness (QED) is 0.760. The van der Waals surface area contributed by atoms with Crippen molar-refractivity contribution in [3.63, 3.8) is 0 Å². The van der Waals surface area contributed by atoms with E-state index in [2.05, 4.69) is 11.9 Å². The van der Waals surface area contributed by atoms with Crippen molar-refractivity contribution in [2.24, 2.45) is 5.73 Å². The number of aryl methyl sites for hydroxylation is 1. The van der Waals surface area contributed by atoms with E-state index in [4.69, 9.17) is 10.5 Å². The van der Waals surface area contributed by atoms with Crippen molar-refractivity contribution in [1.29, 1.82) is 0 Å². The van der Waals surface area contributed by atoms with Crippen molar-refractivity contribution in [3.8, 4) is 5.75 Å². The molecule has 74 valence electrons. The molecule has 2 aromatic rings. The average molecular weight is 190 g/mol. The average Bonchev–Trinajstić information content (AvgIpc) is 2.63. The van der Waals surface area contributed by atoms with Crippen molar-refractivity contribution >= 4 is 10.9 Å². The number of aromatic amines is 1. The normalized spacial score (nSPS) is 10.8. The molecule has 14 heavy (non-hydrogen) atoms. The molecule has 0 atom stereocenters. The molecule has 0 radical (unpaired) electrons. The zero-order chi connectivity index (χ0) is 10.1. The summed E-state index contributed by atoms with van der Waals surface area (Å²) in [5.74, 6) is 0.866. The van der Waals surface area contributed by atoms with Crippen LogP contribution in [0.2, 0.25) is 0 Å². The molecule has 1 aromatic heterocycles. The van der Waals surface area contributed by atoms with E-state index in [-0.39, 0.29) is 0 Å². The van der Waals surface area contributed by atoms with Crippen LogP contribution in [0.15, 0.2) is 18.3 Å². The number of ether oxygens (including phenoxy) is 1. The lowest BCUT2D eigenvalue weighted by molar-refractivity contribution is 0.419. The first kappa shape index (κ1) is 9.09. The monoisotopic (exact) mass is 190 g/mol. The van der Waals surface area contributed by atoms with Crippen LogP contribution in [-0.2, 0) is 6.54 Å². The molecule has 0 saturated carbocycles. The molecule has 3 heteroatoms. The zero-order valence-corrected chi connectivity index (χ0v) is 8.42. The maximum absolute atomic E-state index is 5.66. The van der Waals surface area contributed by atoms with Gasteiger partial charge in [0, 0.05) is 18.1 Å². The topological polar surface area (TPSA) is 51.0 Å². The Hall–Kier alpha value is -1.48. The van der Waals surface area contributed by atoms with Crippen LogP contribution in [0.25, 0.3) is 10.9 Å². The Morgan fingerprint density at radius 2 is 2.21 bits per heavy atom. The fourth-order valence-electron chi connectivity index (χ4n) is 1.81. The van der Waals surface area contributed by atoms with E-state index in [1.54, 1.807) is 7.11 Å². The van der Waals surface area contributed by atoms with Crippen molar-refractivity contribution in [2.75, 3.05) is 7.11 Å². The third kappa shape index (κ3) is 1.17. The Morgan fingerprint density at radius 3 is 2.86 bits per heavy atom. The third-order valence-corrected chi connectivity index (χ3v) is 2.53. The number of methoxy groups -OCH3 is 1. The van der Waals surface area contributed by atoms with Crippen LogP contribution in [0.5, 0.6) is 5.75 Å². The van der Waals surface area contributed by atoms with Crippen LogP contribution < -0.4 is 10.5 Å². The molecule has 1 heterocycles. The van der Waals surface area contributed by atoms with E-state index < -0.39 is 0 Å². The number of hydrogen-bond acceptors (Lipinski definition) is 2. The minimum atomic E-state index is 0.550. The number of fused-ring (bicyclic) bond motifs is 1. The number of rotatable bonds is 2. The summed E-state index contributed by atoms with van der Waals surface area (Å²) in [4.78, 5) is 3.19. The highest BCUT2D eigenvalue weighted by atomic mass is 16.5. The number of aromatic nitrogens is 1. The molecule has 2 rings (SSSR count). The predicted molar refractivity (Wildman–Crippen MR) is 57.5 cm³/mol. The number of nitrogens with one attached hydrogen (secondary N) is 1. The summed E-state index contributed by atoms with van der Waals surface area (Å²) in [5.41, 5.74) is 9.06. The Labute approximate surface area is 82.9 Å². The Morgan fingerprint density at radius 1 is 1.43 bits per heavy atom. The van der Waals surface area contributed by atoms with Gasteiger partial charge >= 0.3 is 0 Å². The second-order valence-corrected chi connectivity index (χ2v) is 3.35. The second kappa shape index (κ2) is 3.35. The minimum absolute atomic E-state index is 0.550. The van der Waals surface area contributed by atoms with Crippen molar-refractivity contribution < 1.29 is 4.74 Å². The molecule has 0 spiro atoms. The van der Waals surface area contributed by atoms with E-state index in [0.29, 0.717) is 6.54 Å². The molecule has 0 aliphatic carbocycles. The first-order valence-electron chi connectivity index (χ1n) is 4.61. The van der Waals surface area contributed by atoms with Crippen molar-refractivity contribution in [1.82, 2.24) is 4.98 Å². The lowest BCUT2D eigenvalue weighted by Gasteiger charge is -2.04. The van der Waals surface area contributed by atoms with Gasteiger partial charge in [0.25, 0.3) is 0 Å². The van der Waals surface area contributed by atoms with E-state index in [0.717, 1.165) is 16.8 Å². The number of nitrogens with two attached hydrogens (primary N) is 1. The molecule has 0 unspecified atom stereocenters. The van der Waals surface area contributed by atoms with E-state index in [1.807, 2.05) is 18.3 Å². The van der Waals surface area contributed by atoms with Gasteiger partial charge in [-0.05, 0) is 24.1 Å². The molecule has 0 saturated heterocycles. The van der Waals surface area contributed by atoms with Crippen LogP contribution in [-0.4, -0.2) is 12.1 Å². The zero-order valence-electron chi connectivity index (χ0n) is 8.42. The Balaban J connectivity index is 2.80. The molecular formula is C11H14N2O. The van der Waals surface area contributed by atoms with Gasteiger partial charge in [0.2, 0.25) is 0 Å². The highest BCUT2D eigenvalue weighted by molar-refractivity contribution is 5.91. The highest BCUT2D eigenvalue weighted by Gasteiger charge is 2.08. The summed E-state index contributed by atoms with van der Waals surface area (Å²) >= 11 is 0. The Bertz CT molecular complexity index is 460. The van der Waals surface area contributed by atoms with Crippen molar-refractivity contribution in [2.45, 2.75) is 13.5 Å².